The van der Waals surface area contributed by atoms with E-state index < -0.39 is 5.60 Å². The maximum Gasteiger partial charge on any atom is 0.407 e. The number of piperidine rings is 1. The predicted octanol–water partition coefficient (Wildman–Crippen LogP) is 5.49. The van der Waals surface area contributed by atoms with E-state index in [4.69, 9.17) is 4.74 Å². The highest BCUT2D eigenvalue weighted by molar-refractivity contribution is 7.33. The number of fused-ring (bicyclic) bond motifs is 3. The van der Waals surface area contributed by atoms with Crippen LogP contribution in [0, 0.1) is 5.92 Å². The van der Waals surface area contributed by atoms with Crippen molar-refractivity contribution in [2.75, 3.05) is 19.6 Å². The first-order valence-corrected chi connectivity index (χ1v) is 11.6. The number of benzene rings is 1. The quantitative estimate of drug-likeness (QED) is 0.597. The molecule has 7 heteroatoms. The van der Waals surface area contributed by atoms with Crippen molar-refractivity contribution in [1.82, 2.24) is 10.2 Å². The van der Waals surface area contributed by atoms with E-state index in [9.17, 15) is 9.59 Å². The molecule has 1 aromatic carbocycles. The molecule has 0 atom stereocenters. The van der Waals surface area contributed by atoms with E-state index in [-0.39, 0.29) is 12.0 Å². The van der Waals surface area contributed by atoms with Crippen molar-refractivity contribution >= 4 is 54.2 Å². The Morgan fingerprint density at radius 1 is 1.14 bits per heavy atom. The summed E-state index contributed by atoms with van der Waals surface area (Å²) in [7, 11) is 0. The summed E-state index contributed by atoms with van der Waals surface area (Å²) in [4.78, 5) is 27.6. The number of rotatable bonds is 3. The topological polar surface area (TPSA) is 58.6 Å². The number of ether oxygens (including phenoxy) is 1. The molecule has 0 radical (unpaired) electrons. The zero-order valence-corrected chi connectivity index (χ0v) is 18.6. The van der Waals surface area contributed by atoms with Crippen LogP contribution in [-0.2, 0) is 4.74 Å². The van der Waals surface area contributed by atoms with Gasteiger partial charge in [-0.1, -0.05) is 18.2 Å². The molecule has 1 N–H and O–H groups in total. The lowest BCUT2D eigenvalue weighted by atomic mass is 9.97. The van der Waals surface area contributed by atoms with E-state index in [0.29, 0.717) is 12.5 Å². The molecule has 2 amide bonds. The minimum atomic E-state index is -0.486. The van der Waals surface area contributed by atoms with Crippen LogP contribution >= 0.6 is 22.7 Å². The number of hydrogen-bond donors (Lipinski definition) is 1. The van der Waals surface area contributed by atoms with Crippen LogP contribution in [0.15, 0.2) is 30.3 Å². The van der Waals surface area contributed by atoms with Crippen molar-refractivity contribution in [2.45, 2.75) is 39.2 Å². The minimum Gasteiger partial charge on any atom is -0.444 e. The van der Waals surface area contributed by atoms with E-state index in [1.165, 1.54) is 19.5 Å². The van der Waals surface area contributed by atoms with Gasteiger partial charge in [0.2, 0.25) is 0 Å². The average molecular weight is 431 g/mol. The molecule has 29 heavy (non-hydrogen) atoms. The predicted molar refractivity (Wildman–Crippen MR) is 120 cm³/mol. The van der Waals surface area contributed by atoms with Crippen molar-refractivity contribution in [3.05, 3.63) is 35.2 Å². The van der Waals surface area contributed by atoms with Gasteiger partial charge < -0.3 is 15.0 Å². The second kappa shape index (κ2) is 7.95. The number of carbonyl (C=O) groups is 2. The Labute approximate surface area is 178 Å². The van der Waals surface area contributed by atoms with Gasteiger partial charge >= 0.3 is 6.09 Å². The first-order valence-electron chi connectivity index (χ1n) is 9.97. The molecular formula is C22H26N2O3S2. The molecule has 1 aliphatic heterocycles. The molecular weight excluding hydrogens is 404 g/mol. The largest absolute Gasteiger partial charge is 0.444 e. The third kappa shape index (κ3) is 4.56. The van der Waals surface area contributed by atoms with Crippen LogP contribution in [0.1, 0.15) is 43.3 Å². The van der Waals surface area contributed by atoms with Crippen LogP contribution < -0.4 is 5.32 Å². The number of likely N-dealkylation sites (tertiary alicyclic amines) is 1. The van der Waals surface area contributed by atoms with E-state index >= 15 is 0 Å². The maximum absolute atomic E-state index is 13.0. The molecule has 0 saturated carbocycles. The van der Waals surface area contributed by atoms with Crippen LogP contribution in [0.3, 0.4) is 0 Å². The highest BCUT2D eigenvalue weighted by Gasteiger charge is 2.26. The number of carbonyl (C=O) groups excluding carboxylic acids is 2. The van der Waals surface area contributed by atoms with Gasteiger partial charge in [-0.05, 0) is 51.7 Å². The molecule has 1 saturated heterocycles. The first-order chi connectivity index (χ1) is 13.8. The number of hydrogen-bond acceptors (Lipinski definition) is 5. The lowest BCUT2D eigenvalue weighted by Crippen LogP contribution is -2.42. The van der Waals surface area contributed by atoms with Gasteiger partial charge in [-0.2, -0.15) is 0 Å². The molecule has 4 rings (SSSR count). The van der Waals surface area contributed by atoms with Gasteiger partial charge in [0.15, 0.2) is 0 Å². The molecule has 0 bridgehead atoms. The highest BCUT2D eigenvalue weighted by Crippen LogP contribution is 2.39. The second-order valence-electron chi connectivity index (χ2n) is 8.52. The van der Waals surface area contributed by atoms with E-state index in [0.717, 1.165) is 30.8 Å². The molecule has 2 aromatic heterocycles. The third-order valence-electron chi connectivity index (χ3n) is 5.10. The van der Waals surface area contributed by atoms with Crippen LogP contribution in [0.2, 0.25) is 0 Å². The van der Waals surface area contributed by atoms with Gasteiger partial charge in [-0.15, -0.1) is 22.7 Å². The van der Waals surface area contributed by atoms with Crippen molar-refractivity contribution in [3.8, 4) is 0 Å². The number of nitrogens with zero attached hydrogens (tertiary/aromatic N) is 1. The molecule has 154 valence electrons. The van der Waals surface area contributed by atoms with E-state index in [1.807, 2.05) is 37.8 Å². The minimum absolute atomic E-state index is 0.126. The summed E-state index contributed by atoms with van der Waals surface area (Å²) in [5.41, 5.74) is -0.486. The zero-order chi connectivity index (χ0) is 20.6. The SMILES string of the molecule is CC(C)(C)OC(=O)NCC1CCN(C(=O)c2cc3sc4ccccc4c3s2)CC1. The summed E-state index contributed by atoms with van der Waals surface area (Å²) in [6.45, 7) is 7.62. The van der Waals surface area contributed by atoms with Gasteiger partial charge in [0.1, 0.15) is 5.60 Å². The number of amides is 2. The van der Waals surface area contributed by atoms with Gasteiger partial charge in [0.05, 0.1) is 9.58 Å². The fourth-order valence-corrected chi connectivity index (χ4v) is 6.14. The van der Waals surface area contributed by atoms with Crippen LogP contribution in [0.4, 0.5) is 4.79 Å². The first kappa shape index (κ1) is 20.2. The Kier molecular flexibility index (Phi) is 5.53. The molecule has 3 aromatic rings. The van der Waals surface area contributed by atoms with E-state index in [2.05, 4.69) is 23.5 Å². The Hall–Kier alpha value is -2.12. The highest BCUT2D eigenvalue weighted by atomic mass is 32.1. The Morgan fingerprint density at radius 2 is 1.86 bits per heavy atom. The van der Waals surface area contributed by atoms with Gasteiger partial charge in [-0.3, -0.25) is 4.79 Å². The second-order valence-corrected chi connectivity index (χ2v) is 10.7. The fourth-order valence-electron chi connectivity index (χ4n) is 3.64. The van der Waals surface area contributed by atoms with Gasteiger partial charge in [0.25, 0.3) is 5.91 Å². The lowest BCUT2D eigenvalue weighted by Gasteiger charge is -2.32. The summed E-state index contributed by atoms with van der Waals surface area (Å²) >= 11 is 3.35. The van der Waals surface area contributed by atoms with Crippen LogP contribution in [-0.4, -0.2) is 42.1 Å². The Morgan fingerprint density at radius 3 is 2.59 bits per heavy atom. The standard InChI is InChI=1S/C22H26N2O3S2/c1-22(2,3)27-21(26)23-13-14-8-10-24(11-9-14)20(25)18-12-17-19(29-18)15-6-4-5-7-16(15)28-17/h4-7,12,14H,8-11,13H2,1-3H3,(H,23,26). The molecule has 1 fully saturated rings. The number of nitrogens with one attached hydrogen (secondary N) is 1. The zero-order valence-electron chi connectivity index (χ0n) is 17.0. The summed E-state index contributed by atoms with van der Waals surface area (Å²) in [5, 5.41) is 4.09. The van der Waals surface area contributed by atoms with Crippen molar-refractivity contribution in [1.29, 1.82) is 0 Å². The summed E-state index contributed by atoms with van der Waals surface area (Å²) in [5.74, 6) is 0.503. The Bertz CT molecular complexity index is 1040. The lowest BCUT2D eigenvalue weighted by molar-refractivity contribution is 0.0500. The molecule has 0 unspecified atom stereocenters. The van der Waals surface area contributed by atoms with Crippen molar-refractivity contribution < 1.29 is 14.3 Å². The summed E-state index contributed by atoms with van der Waals surface area (Å²) in [6, 6.07) is 10.4. The molecule has 0 spiro atoms. The van der Waals surface area contributed by atoms with Gasteiger partial charge in [-0.25, -0.2) is 4.79 Å². The van der Waals surface area contributed by atoms with Crippen molar-refractivity contribution in [2.24, 2.45) is 5.92 Å². The average Bonchev–Trinajstić information content (AvgIpc) is 3.23. The third-order valence-corrected chi connectivity index (χ3v) is 7.50. The molecule has 5 nitrogen and oxygen atoms in total. The molecule has 0 aliphatic carbocycles. The van der Waals surface area contributed by atoms with Crippen molar-refractivity contribution in [3.63, 3.8) is 0 Å². The maximum atomic E-state index is 13.0. The normalized spacial score (nSPS) is 15.8. The van der Waals surface area contributed by atoms with Gasteiger partial charge in [0, 0.05) is 34.4 Å². The molecule has 1 aliphatic rings. The van der Waals surface area contributed by atoms with Crippen LogP contribution in [0.25, 0.3) is 19.5 Å². The monoisotopic (exact) mass is 430 g/mol. The Balaban J connectivity index is 1.33. The number of alkyl carbamates (subject to hydrolysis) is 1. The molecule has 3 heterocycles. The van der Waals surface area contributed by atoms with Crippen LogP contribution in [0.5, 0.6) is 0 Å². The fraction of sp³-hybridized carbons (Fsp3) is 0.455. The number of thiophene rings is 2. The summed E-state index contributed by atoms with van der Waals surface area (Å²) < 4.78 is 8.96. The summed E-state index contributed by atoms with van der Waals surface area (Å²) in [6.07, 6.45) is 1.41. The smallest absolute Gasteiger partial charge is 0.407 e. The van der Waals surface area contributed by atoms with E-state index in [1.54, 1.807) is 22.7 Å².